The molecule has 0 fully saturated rings. The first-order chi connectivity index (χ1) is 33.4. The third kappa shape index (κ3) is 5.30. The molecule has 0 spiro atoms. The normalized spacial score (nSPS) is 17.7. The highest BCUT2D eigenvalue weighted by molar-refractivity contribution is 6.27. The SMILES string of the molecule is CC1(C)C=C(c2ccc3c(c2)C(C)(C)c2cc(C4=CC(C)(C)C5=c6cc7c8ccccc8c8ccccc8c7cc6=CC5=C4)ccc2-3)C=C2C=c3cc4c5ccccc5c5ccccc5c4cc3=C21. The molecule has 326 valence electrons. The van der Waals surface area contributed by atoms with Gasteiger partial charge in [-0.3, -0.25) is 0 Å². The van der Waals surface area contributed by atoms with Crippen molar-refractivity contribution in [3.05, 3.63) is 236 Å². The Morgan fingerprint density at radius 2 is 0.609 bits per heavy atom. The van der Waals surface area contributed by atoms with Crippen LogP contribution in [0.4, 0.5) is 0 Å². The predicted octanol–water partition coefficient (Wildman–Crippen LogP) is 14.9. The molecule has 0 nitrogen and oxygen atoms in total. The molecule has 15 rings (SSSR count). The van der Waals surface area contributed by atoms with Gasteiger partial charge < -0.3 is 0 Å². The van der Waals surface area contributed by atoms with Gasteiger partial charge in [-0.05, 0) is 213 Å². The lowest BCUT2D eigenvalue weighted by Crippen LogP contribution is -2.28. The zero-order valence-electron chi connectivity index (χ0n) is 40.0. The molecule has 5 aliphatic rings. The minimum Gasteiger partial charge on any atom is -0.0665 e. The maximum atomic E-state index is 2.52. The largest absolute Gasteiger partial charge is 0.0665 e. The van der Waals surface area contributed by atoms with Gasteiger partial charge in [-0.15, -0.1) is 0 Å². The van der Waals surface area contributed by atoms with Crippen molar-refractivity contribution in [1.82, 2.24) is 0 Å². The smallest absolute Gasteiger partial charge is 0.0159 e. The first-order valence-electron chi connectivity index (χ1n) is 24.8. The van der Waals surface area contributed by atoms with Gasteiger partial charge in [-0.25, -0.2) is 0 Å². The monoisotopic (exact) mass is 878 g/mol. The molecule has 0 atom stereocenters. The lowest BCUT2D eigenvalue weighted by molar-refractivity contribution is 0.646. The van der Waals surface area contributed by atoms with Crippen LogP contribution in [0.25, 0.3) is 110 Å². The molecule has 0 aromatic heterocycles. The highest BCUT2D eigenvalue weighted by Gasteiger charge is 2.38. The summed E-state index contributed by atoms with van der Waals surface area (Å²) in [5, 5.41) is 21.3. The Morgan fingerprint density at radius 3 is 0.957 bits per heavy atom. The van der Waals surface area contributed by atoms with Gasteiger partial charge in [0.15, 0.2) is 0 Å². The lowest BCUT2D eigenvalue weighted by atomic mass is 9.73. The molecule has 0 aliphatic heterocycles. The summed E-state index contributed by atoms with van der Waals surface area (Å²) in [7, 11) is 0. The summed E-state index contributed by atoms with van der Waals surface area (Å²) in [4.78, 5) is 0. The number of allylic oxidation sites excluding steroid dienone is 8. The van der Waals surface area contributed by atoms with Crippen LogP contribution < -0.4 is 20.9 Å². The van der Waals surface area contributed by atoms with Gasteiger partial charge in [0.1, 0.15) is 0 Å². The van der Waals surface area contributed by atoms with Crippen molar-refractivity contribution in [3.63, 3.8) is 0 Å². The van der Waals surface area contributed by atoms with Gasteiger partial charge >= 0.3 is 0 Å². The van der Waals surface area contributed by atoms with Gasteiger partial charge in [-0.1, -0.05) is 175 Å². The second-order valence-electron chi connectivity index (χ2n) is 22.2. The molecular weight excluding hydrogens is 829 g/mol. The van der Waals surface area contributed by atoms with Crippen LogP contribution >= 0.6 is 0 Å². The second-order valence-corrected chi connectivity index (χ2v) is 22.2. The van der Waals surface area contributed by atoms with E-state index in [0.29, 0.717) is 0 Å². The van der Waals surface area contributed by atoms with Crippen molar-refractivity contribution in [2.45, 2.75) is 47.0 Å². The second kappa shape index (κ2) is 13.2. The van der Waals surface area contributed by atoms with Crippen molar-refractivity contribution in [3.8, 4) is 11.1 Å². The Labute approximate surface area is 402 Å². The summed E-state index contributed by atoms with van der Waals surface area (Å²) in [6.45, 7) is 14.5. The minimum atomic E-state index is -0.163. The fourth-order valence-electron chi connectivity index (χ4n) is 13.8. The maximum Gasteiger partial charge on any atom is 0.0159 e. The summed E-state index contributed by atoms with van der Waals surface area (Å²) in [5.74, 6) is 0. The van der Waals surface area contributed by atoms with Crippen LogP contribution in [0, 0.1) is 10.8 Å². The van der Waals surface area contributed by atoms with Gasteiger partial charge in [0, 0.05) is 16.2 Å². The molecule has 0 amide bonds. The molecule has 0 saturated carbocycles. The molecular formula is C69H50. The Balaban J connectivity index is 0.803. The number of hydrogen-bond donors (Lipinski definition) is 0. The first kappa shape index (κ1) is 39.2. The predicted molar refractivity (Wildman–Crippen MR) is 296 cm³/mol. The van der Waals surface area contributed by atoms with Crippen molar-refractivity contribution < 1.29 is 0 Å². The van der Waals surface area contributed by atoms with E-state index in [1.54, 1.807) is 0 Å². The third-order valence-electron chi connectivity index (χ3n) is 16.9. The highest BCUT2D eigenvalue weighted by atomic mass is 14.4. The summed E-state index contributed by atoms with van der Waals surface area (Å²) in [5.41, 5.74) is 15.7. The molecule has 69 heavy (non-hydrogen) atoms. The average Bonchev–Trinajstić information content (AvgIpc) is 3.99. The molecule has 0 N–H and O–H groups in total. The van der Waals surface area contributed by atoms with Crippen LogP contribution in [0.15, 0.2) is 193 Å². The quantitative estimate of drug-likeness (QED) is 0.152. The van der Waals surface area contributed by atoms with Crippen LogP contribution in [-0.4, -0.2) is 0 Å². The molecule has 0 radical (unpaired) electrons. The van der Waals surface area contributed by atoms with E-state index >= 15 is 0 Å². The maximum absolute atomic E-state index is 2.52. The first-order valence-corrected chi connectivity index (χ1v) is 24.8. The van der Waals surface area contributed by atoms with Crippen LogP contribution in [0.5, 0.6) is 0 Å². The molecule has 5 aliphatic carbocycles. The number of fused-ring (bicyclic) bond motifs is 19. The van der Waals surface area contributed by atoms with E-state index in [1.165, 1.54) is 152 Å². The zero-order chi connectivity index (χ0) is 46.3. The van der Waals surface area contributed by atoms with Gasteiger partial charge in [-0.2, -0.15) is 0 Å². The lowest BCUT2D eigenvalue weighted by Gasteiger charge is -2.30. The Hall–Kier alpha value is -7.80. The van der Waals surface area contributed by atoms with E-state index in [1.807, 2.05) is 0 Å². The summed E-state index contributed by atoms with van der Waals surface area (Å²) in [6, 6.07) is 60.1. The van der Waals surface area contributed by atoms with E-state index in [2.05, 4.69) is 236 Å². The van der Waals surface area contributed by atoms with E-state index in [-0.39, 0.29) is 16.2 Å². The number of hydrogen-bond acceptors (Lipinski definition) is 0. The van der Waals surface area contributed by atoms with Crippen LogP contribution in [-0.2, 0) is 5.41 Å². The minimum absolute atomic E-state index is 0.157. The molecule has 0 bridgehead atoms. The van der Waals surface area contributed by atoms with Crippen molar-refractivity contribution in [2.24, 2.45) is 10.8 Å². The van der Waals surface area contributed by atoms with Crippen LogP contribution in [0.3, 0.4) is 0 Å². The fraction of sp³-hybridized carbons (Fsp3) is 0.130. The Morgan fingerprint density at radius 1 is 0.290 bits per heavy atom. The summed E-state index contributed by atoms with van der Waals surface area (Å²) < 4.78 is 0. The van der Waals surface area contributed by atoms with Gasteiger partial charge in [0.2, 0.25) is 0 Å². The van der Waals surface area contributed by atoms with Crippen molar-refractivity contribution >= 4 is 99.1 Å². The molecule has 10 aromatic rings. The van der Waals surface area contributed by atoms with Crippen molar-refractivity contribution in [2.75, 3.05) is 0 Å². The van der Waals surface area contributed by atoms with E-state index in [9.17, 15) is 0 Å². The number of benzene rings is 10. The Kier molecular flexibility index (Phi) is 7.53. The molecule has 0 unspecified atom stereocenters. The van der Waals surface area contributed by atoms with E-state index in [4.69, 9.17) is 0 Å². The number of rotatable bonds is 2. The van der Waals surface area contributed by atoms with Crippen molar-refractivity contribution in [1.29, 1.82) is 0 Å². The van der Waals surface area contributed by atoms with Crippen LogP contribution in [0.2, 0.25) is 0 Å². The van der Waals surface area contributed by atoms with Crippen LogP contribution in [0.1, 0.15) is 63.8 Å². The molecule has 0 heteroatoms. The van der Waals surface area contributed by atoms with E-state index < -0.39 is 0 Å². The molecule has 0 saturated heterocycles. The third-order valence-corrected chi connectivity index (χ3v) is 16.9. The standard InChI is InChI=1S/C69H50/c1-67(2)37-45(29-43-27-41-31-59-51-19-11-7-15-47(51)49-17-9-13-21-53(49)61(59)35-57(41)65(43)67)39-23-25-55-56-26-24-40(34-64(56)69(5,6)63(55)33-39)46-30-44-28-42-32-60-52-20-12-8-16-48(52)50-18-10-14-22-54(50)62(60)36-58(42)66(44)68(3,4)38-46/h7-38H,1-6H3. The average molecular weight is 879 g/mol. The summed E-state index contributed by atoms with van der Waals surface area (Å²) >= 11 is 0. The van der Waals surface area contributed by atoms with Gasteiger partial charge in [0.05, 0.1) is 0 Å². The molecule has 0 heterocycles. The molecule has 10 aromatic carbocycles. The van der Waals surface area contributed by atoms with Gasteiger partial charge in [0.25, 0.3) is 0 Å². The van der Waals surface area contributed by atoms with E-state index in [0.717, 1.165) is 0 Å². The Bertz CT molecular complexity index is 4240. The fourth-order valence-corrected chi connectivity index (χ4v) is 13.8. The topological polar surface area (TPSA) is 0 Å². The zero-order valence-corrected chi connectivity index (χ0v) is 40.0. The highest BCUT2D eigenvalue weighted by Crippen LogP contribution is 2.52. The summed E-state index contributed by atoms with van der Waals surface area (Å²) in [6.07, 6.45) is 14.8.